The molecule has 0 aromatic heterocycles. The van der Waals surface area contributed by atoms with Crippen molar-refractivity contribution in [3.8, 4) is 11.5 Å². The van der Waals surface area contributed by atoms with E-state index >= 15 is 0 Å². The van der Waals surface area contributed by atoms with Crippen LogP contribution in [-0.4, -0.2) is 20.8 Å². The smallest absolute Gasteiger partial charge is 0.161 e. The summed E-state index contributed by atoms with van der Waals surface area (Å²) in [6.07, 6.45) is 1.01. The van der Waals surface area contributed by atoms with Gasteiger partial charge in [0.15, 0.2) is 11.5 Å². The Kier molecular flexibility index (Phi) is 4.35. The van der Waals surface area contributed by atoms with Crippen LogP contribution >= 0.6 is 22.6 Å². The minimum absolute atomic E-state index is 0.211. The molecule has 2 aromatic carbocycles. The summed E-state index contributed by atoms with van der Waals surface area (Å²) >= 11 is 2.35. The fourth-order valence-electron chi connectivity index (χ4n) is 2.87. The third-order valence-corrected chi connectivity index (χ3v) is 4.55. The minimum atomic E-state index is 0.211. The molecule has 2 aromatic rings. The van der Waals surface area contributed by atoms with Gasteiger partial charge in [0.05, 0.1) is 20.3 Å². The molecular weight excluding hydrogens is 377 g/mol. The summed E-state index contributed by atoms with van der Waals surface area (Å²) in [6, 6.07) is 13.0. The van der Waals surface area contributed by atoms with Gasteiger partial charge in [-0.05, 0) is 70.0 Å². The molecule has 1 atom stereocenters. The molecule has 3 nitrogen and oxygen atoms in total. The van der Waals surface area contributed by atoms with E-state index in [-0.39, 0.29) is 6.04 Å². The summed E-state index contributed by atoms with van der Waals surface area (Å²) in [5.74, 6) is 1.59. The van der Waals surface area contributed by atoms with Crippen molar-refractivity contribution in [3.05, 3.63) is 56.7 Å². The van der Waals surface area contributed by atoms with Gasteiger partial charge < -0.3 is 14.8 Å². The van der Waals surface area contributed by atoms with E-state index in [4.69, 9.17) is 9.47 Å². The molecule has 0 bridgehead atoms. The quantitative estimate of drug-likeness (QED) is 0.807. The van der Waals surface area contributed by atoms with Crippen LogP contribution in [-0.2, 0) is 6.42 Å². The lowest BCUT2D eigenvalue weighted by Crippen LogP contribution is -2.30. The Morgan fingerprint density at radius 1 is 1.10 bits per heavy atom. The van der Waals surface area contributed by atoms with Crippen LogP contribution < -0.4 is 14.8 Å². The van der Waals surface area contributed by atoms with Gasteiger partial charge in [0.1, 0.15) is 0 Å². The van der Waals surface area contributed by atoms with Crippen molar-refractivity contribution in [1.82, 2.24) is 5.32 Å². The van der Waals surface area contributed by atoms with Crippen molar-refractivity contribution in [2.45, 2.75) is 12.5 Å². The second-order valence-electron chi connectivity index (χ2n) is 5.10. The maximum absolute atomic E-state index is 5.46. The molecule has 21 heavy (non-hydrogen) atoms. The van der Waals surface area contributed by atoms with Crippen molar-refractivity contribution in [2.24, 2.45) is 0 Å². The topological polar surface area (TPSA) is 30.5 Å². The van der Waals surface area contributed by atoms with E-state index in [1.54, 1.807) is 14.2 Å². The number of rotatable bonds is 3. The molecule has 0 amide bonds. The highest BCUT2D eigenvalue weighted by Gasteiger charge is 2.23. The molecule has 0 saturated heterocycles. The van der Waals surface area contributed by atoms with Crippen molar-refractivity contribution in [3.63, 3.8) is 0 Å². The van der Waals surface area contributed by atoms with Crippen molar-refractivity contribution >= 4 is 22.6 Å². The summed E-state index contributed by atoms with van der Waals surface area (Å²) in [6.45, 7) is 0.971. The number of benzene rings is 2. The summed E-state index contributed by atoms with van der Waals surface area (Å²) in [5, 5.41) is 3.61. The van der Waals surface area contributed by atoms with Gasteiger partial charge in [-0.2, -0.15) is 0 Å². The molecule has 1 N–H and O–H groups in total. The SMILES string of the molecule is COc1cc2c(cc1OC)C(c1cccc(I)c1)NCC2. The van der Waals surface area contributed by atoms with Crippen LogP contribution in [0.25, 0.3) is 0 Å². The van der Waals surface area contributed by atoms with E-state index in [0.29, 0.717) is 0 Å². The molecule has 0 radical (unpaired) electrons. The third-order valence-electron chi connectivity index (χ3n) is 3.88. The van der Waals surface area contributed by atoms with Crippen molar-refractivity contribution in [1.29, 1.82) is 0 Å². The van der Waals surface area contributed by atoms with E-state index in [2.05, 4.69) is 64.3 Å². The van der Waals surface area contributed by atoms with Gasteiger partial charge in [0, 0.05) is 10.1 Å². The van der Waals surface area contributed by atoms with Crippen LogP contribution in [0, 0.1) is 3.57 Å². The third kappa shape index (κ3) is 2.87. The lowest BCUT2D eigenvalue weighted by Gasteiger charge is -2.28. The van der Waals surface area contributed by atoms with Gasteiger partial charge in [0.25, 0.3) is 0 Å². The molecule has 0 spiro atoms. The molecule has 1 aliphatic rings. The minimum Gasteiger partial charge on any atom is -0.493 e. The van der Waals surface area contributed by atoms with E-state index in [1.807, 2.05) is 0 Å². The maximum Gasteiger partial charge on any atom is 0.161 e. The van der Waals surface area contributed by atoms with Crippen LogP contribution in [0.3, 0.4) is 0 Å². The standard InChI is InChI=1S/C17H18INO2/c1-20-15-9-11-6-7-19-17(14(11)10-16(15)21-2)12-4-3-5-13(18)8-12/h3-5,8-10,17,19H,6-7H2,1-2H3. The molecule has 4 heteroatoms. The van der Waals surface area contributed by atoms with E-state index < -0.39 is 0 Å². The first kappa shape index (κ1) is 14.7. The average Bonchev–Trinajstić information content (AvgIpc) is 2.52. The van der Waals surface area contributed by atoms with Crippen LogP contribution in [0.15, 0.2) is 36.4 Å². The number of methoxy groups -OCH3 is 2. The summed E-state index contributed by atoms with van der Waals surface area (Å²) < 4.78 is 12.1. The average molecular weight is 395 g/mol. The number of nitrogens with one attached hydrogen (secondary N) is 1. The number of ether oxygens (including phenoxy) is 2. The van der Waals surface area contributed by atoms with Gasteiger partial charge >= 0.3 is 0 Å². The van der Waals surface area contributed by atoms with E-state index in [9.17, 15) is 0 Å². The monoisotopic (exact) mass is 395 g/mol. The molecule has 0 aliphatic carbocycles. The Bertz CT molecular complexity index is 657. The predicted molar refractivity (Wildman–Crippen MR) is 92.3 cm³/mol. The van der Waals surface area contributed by atoms with Crippen LogP contribution in [0.2, 0.25) is 0 Å². The van der Waals surface area contributed by atoms with Crippen molar-refractivity contribution < 1.29 is 9.47 Å². The van der Waals surface area contributed by atoms with Crippen LogP contribution in [0.5, 0.6) is 11.5 Å². The Hall–Kier alpha value is -1.27. The normalized spacial score (nSPS) is 17.2. The first-order valence-electron chi connectivity index (χ1n) is 6.96. The molecule has 0 saturated carbocycles. The van der Waals surface area contributed by atoms with Gasteiger partial charge in [-0.1, -0.05) is 12.1 Å². The Morgan fingerprint density at radius 2 is 1.86 bits per heavy atom. The fourth-order valence-corrected chi connectivity index (χ4v) is 3.43. The molecular formula is C17H18INO2. The van der Waals surface area contributed by atoms with Gasteiger partial charge in [0.2, 0.25) is 0 Å². The summed E-state index contributed by atoms with van der Waals surface area (Å²) in [7, 11) is 3.36. The molecule has 3 rings (SSSR count). The van der Waals surface area contributed by atoms with Gasteiger partial charge in [-0.15, -0.1) is 0 Å². The molecule has 110 valence electrons. The Balaban J connectivity index is 2.09. The second kappa shape index (κ2) is 6.23. The first-order valence-corrected chi connectivity index (χ1v) is 8.04. The zero-order valence-corrected chi connectivity index (χ0v) is 14.3. The highest BCUT2D eigenvalue weighted by atomic mass is 127. The largest absolute Gasteiger partial charge is 0.493 e. The lowest BCUT2D eigenvalue weighted by atomic mass is 9.89. The zero-order valence-electron chi connectivity index (χ0n) is 12.2. The zero-order chi connectivity index (χ0) is 14.8. The summed E-state index contributed by atoms with van der Waals surface area (Å²) in [5.41, 5.74) is 3.89. The Labute approximate surface area is 138 Å². The molecule has 1 aliphatic heterocycles. The Morgan fingerprint density at radius 3 is 2.57 bits per heavy atom. The maximum atomic E-state index is 5.46. The highest BCUT2D eigenvalue weighted by Crippen LogP contribution is 2.37. The highest BCUT2D eigenvalue weighted by molar-refractivity contribution is 14.1. The number of fused-ring (bicyclic) bond motifs is 1. The first-order chi connectivity index (χ1) is 10.2. The van der Waals surface area contributed by atoms with Gasteiger partial charge in [-0.25, -0.2) is 0 Å². The second-order valence-corrected chi connectivity index (χ2v) is 6.34. The van der Waals surface area contributed by atoms with Crippen LogP contribution in [0.4, 0.5) is 0 Å². The summed E-state index contributed by atoms with van der Waals surface area (Å²) in [4.78, 5) is 0. The van der Waals surface area contributed by atoms with E-state index in [1.165, 1.54) is 20.3 Å². The van der Waals surface area contributed by atoms with Crippen LogP contribution in [0.1, 0.15) is 22.7 Å². The lowest BCUT2D eigenvalue weighted by molar-refractivity contribution is 0.353. The molecule has 0 fully saturated rings. The number of halogens is 1. The number of hydrogen-bond acceptors (Lipinski definition) is 3. The molecule has 1 unspecified atom stereocenters. The number of hydrogen-bond donors (Lipinski definition) is 1. The van der Waals surface area contributed by atoms with Gasteiger partial charge in [-0.3, -0.25) is 0 Å². The predicted octanol–water partition coefficient (Wildman–Crippen LogP) is 3.54. The van der Waals surface area contributed by atoms with E-state index in [0.717, 1.165) is 24.5 Å². The molecule has 1 heterocycles. The van der Waals surface area contributed by atoms with Crippen molar-refractivity contribution in [2.75, 3.05) is 20.8 Å². The fraction of sp³-hybridized carbons (Fsp3) is 0.294.